The first kappa shape index (κ1) is 18.4. The van der Waals surface area contributed by atoms with Crippen molar-refractivity contribution in [3.8, 4) is 0 Å². The highest BCUT2D eigenvalue weighted by Crippen LogP contribution is 2.33. The number of allylic oxidation sites excluding steroid dienone is 7. The lowest BCUT2D eigenvalue weighted by Gasteiger charge is -2.23. The van der Waals surface area contributed by atoms with E-state index in [2.05, 4.69) is 6.08 Å². The van der Waals surface area contributed by atoms with Crippen LogP contribution in [-0.2, 0) is 16.0 Å². The van der Waals surface area contributed by atoms with E-state index >= 15 is 0 Å². The normalized spacial score (nSPS) is 19.6. The van der Waals surface area contributed by atoms with Crippen molar-refractivity contribution in [2.24, 2.45) is 0 Å². The summed E-state index contributed by atoms with van der Waals surface area (Å²) in [6.45, 7) is 0. The maximum Gasteiger partial charge on any atom is 0.327 e. The number of thiocarbonyl (C=S) groups is 1. The van der Waals surface area contributed by atoms with Crippen LogP contribution in [-0.4, -0.2) is 32.2 Å². The summed E-state index contributed by atoms with van der Waals surface area (Å²) >= 11 is 6.42. The number of hydrogen-bond acceptors (Lipinski definition) is 4. The summed E-state index contributed by atoms with van der Waals surface area (Å²) in [4.78, 5) is 26.1. The molecule has 1 unspecified atom stereocenters. The molecule has 26 heavy (non-hydrogen) atoms. The molecular weight excluding hydrogens is 366 g/mol. The van der Waals surface area contributed by atoms with E-state index in [1.54, 1.807) is 12.2 Å². The number of hydrogen-bond donors (Lipinski definition) is 1. The topological polar surface area (TPSA) is 57.6 Å². The lowest BCUT2D eigenvalue weighted by Crippen LogP contribution is -2.45. The van der Waals surface area contributed by atoms with E-state index in [-0.39, 0.29) is 16.6 Å². The quantitative estimate of drug-likeness (QED) is 0.597. The van der Waals surface area contributed by atoms with Gasteiger partial charge in [0.1, 0.15) is 10.4 Å². The molecule has 0 spiro atoms. The molecule has 1 fully saturated rings. The van der Waals surface area contributed by atoms with E-state index in [9.17, 15) is 14.7 Å². The third kappa shape index (κ3) is 4.20. The van der Waals surface area contributed by atoms with Crippen molar-refractivity contribution in [2.45, 2.75) is 18.9 Å². The van der Waals surface area contributed by atoms with E-state index in [0.29, 0.717) is 4.91 Å². The second-order valence-electron chi connectivity index (χ2n) is 5.85. The predicted octanol–water partition coefficient (Wildman–Crippen LogP) is 3.87. The number of benzene rings is 1. The molecule has 1 amide bonds. The summed E-state index contributed by atoms with van der Waals surface area (Å²) in [6, 6.07) is 8.22. The zero-order valence-electron chi connectivity index (χ0n) is 13.9. The zero-order valence-corrected chi connectivity index (χ0v) is 15.5. The molecule has 1 heterocycles. The van der Waals surface area contributed by atoms with Crippen LogP contribution in [0.15, 0.2) is 77.3 Å². The summed E-state index contributed by atoms with van der Waals surface area (Å²) in [5.41, 5.74) is 2.00. The van der Waals surface area contributed by atoms with Gasteiger partial charge >= 0.3 is 5.97 Å². The summed E-state index contributed by atoms with van der Waals surface area (Å²) in [5, 5.41) is 9.63. The standard InChI is InChI=1S/C20H17NO3S2/c22-18-17(12-6-11-14-7-4-5-8-14)26-20(25)21(18)16(19(23)24)13-15-9-2-1-3-10-15/h1-7,9-12,16H,8,13H2,(H,23,24)/b11-6+,17-12-. The maximum atomic E-state index is 12.7. The predicted molar refractivity (Wildman–Crippen MR) is 108 cm³/mol. The molecule has 0 bridgehead atoms. The summed E-state index contributed by atoms with van der Waals surface area (Å²) in [5.74, 6) is -1.42. The molecule has 0 radical (unpaired) electrons. The van der Waals surface area contributed by atoms with Crippen molar-refractivity contribution in [3.05, 3.63) is 82.8 Å². The highest BCUT2D eigenvalue weighted by atomic mass is 32.2. The number of rotatable bonds is 6. The third-order valence-corrected chi connectivity index (χ3v) is 5.40. The van der Waals surface area contributed by atoms with Crippen molar-refractivity contribution in [2.75, 3.05) is 0 Å². The van der Waals surface area contributed by atoms with Gasteiger partial charge in [0.25, 0.3) is 5.91 Å². The van der Waals surface area contributed by atoms with Gasteiger partial charge in [-0.15, -0.1) is 0 Å². The summed E-state index contributed by atoms with van der Waals surface area (Å²) < 4.78 is 0.278. The molecule has 1 aliphatic carbocycles. The van der Waals surface area contributed by atoms with Gasteiger partial charge < -0.3 is 5.11 Å². The molecule has 3 rings (SSSR count). The van der Waals surface area contributed by atoms with Gasteiger partial charge in [-0.25, -0.2) is 4.79 Å². The van der Waals surface area contributed by atoms with Crippen LogP contribution in [0, 0.1) is 0 Å². The van der Waals surface area contributed by atoms with Crippen LogP contribution in [0.5, 0.6) is 0 Å². The van der Waals surface area contributed by atoms with Gasteiger partial charge in [-0.2, -0.15) is 0 Å². The Morgan fingerprint density at radius 3 is 2.77 bits per heavy atom. The van der Waals surface area contributed by atoms with Crippen LogP contribution in [0.25, 0.3) is 0 Å². The number of carbonyl (C=O) groups excluding carboxylic acids is 1. The average molecular weight is 383 g/mol. The van der Waals surface area contributed by atoms with Gasteiger partial charge in [-0.3, -0.25) is 9.69 Å². The SMILES string of the molecule is O=C(O)C(Cc1ccccc1)N1C(=O)/C(=C/C=C/C2=CC=CC2)SC1=S. The van der Waals surface area contributed by atoms with Crippen molar-refractivity contribution in [3.63, 3.8) is 0 Å². The van der Waals surface area contributed by atoms with E-state index < -0.39 is 12.0 Å². The minimum absolute atomic E-state index is 0.213. The molecule has 1 aromatic rings. The molecule has 2 aliphatic rings. The number of amides is 1. The van der Waals surface area contributed by atoms with Crippen LogP contribution in [0.4, 0.5) is 0 Å². The maximum absolute atomic E-state index is 12.7. The van der Waals surface area contributed by atoms with Gasteiger partial charge in [0.2, 0.25) is 0 Å². The third-order valence-electron chi connectivity index (χ3n) is 4.05. The second-order valence-corrected chi connectivity index (χ2v) is 7.53. The average Bonchev–Trinajstić information content (AvgIpc) is 3.23. The van der Waals surface area contributed by atoms with Gasteiger partial charge in [-0.1, -0.05) is 84.7 Å². The molecular formula is C20H17NO3S2. The molecule has 6 heteroatoms. The van der Waals surface area contributed by atoms with Crippen molar-refractivity contribution in [1.29, 1.82) is 0 Å². The summed E-state index contributed by atoms with van der Waals surface area (Å²) in [7, 11) is 0. The second kappa shape index (κ2) is 8.29. The molecule has 132 valence electrons. The largest absolute Gasteiger partial charge is 0.480 e. The Hall–Kier alpha value is -2.44. The number of aliphatic carboxylic acids is 1. The van der Waals surface area contributed by atoms with Crippen LogP contribution in [0.2, 0.25) is 0 Å². The Balaban J connectivity index is 1.76. The fourth-order valence-electron chi connectivity index (χ4n) is 2.74. The first-order valence-corrected chi connectivity index (χ1v) is 9.35. The Morgan fingerprint density at radius 2 is 2.12 bits per heavy atom. The van der Waals surface area contributed by atoms with E-state index in [1.807, 2.05) is 48.6 Å². The van der Waals surface area contributed by atoms with Crippen LogP contribution in [0.1, 0.15) is 12.0 Å². The number of carboxylic acid groups (broad SMARTS) is 1. The molecule has 0 aromatic heterocycles. The van der Waals surface area contributed by atoms with E-state index in [4.69, 9.17) is 12.2 Å². The van der Waals surface area contributed by atoms with Crippen LogP contribution in [0.3, 0.4) is 0 Å². The van der Waals surface area contributed by atoms with Crippen molar-refractivity contribution in [1.82, 2.24) is 4.90 Å². The fraction of sp³-hybridized carbons (Fsp3) is 0.150. The number of thioether (sulfide) groups is 1. The van der Waals surface area contributed by atoms with Gasteiger partial charge in [0, 0.05) is 6.42 Å². The van der Waals surface area contributed by atoms with Gasteiger partial charge in [0.15, 0.2) is 0 Å². The highest BCUT2D eigenvalue weighted by Gasteiger charge is 2.40. The van der Waals surface area contributed by atoms with Crippen molar-refractivity contribution < 1.29 is 14.7 Å². The zero-order chi connectivity index (χ0) is 18.5. The molecule has 4 nitrogen and oxygen atoms in total. The lowest BCUT2D eigenvalue weighted by atomic mass is 10.0. The highest BCUT2D eigenvalue weighted by molar-refractivity contribution is 8.26. The smallest absolute Gasteiger partial charge is 0.327 e. The van der Waals surface area contributed by atoms with E-state index in [1.165, 1.54) is 4.90 Å². The number of nitrogens with zero attached hydrogens (tertiary/aromatic N) is 1. The fourth-order valence-corrected chi connectivity index (χ4v) is 4.04. The van der Waals surface area contributed by atoms with Gasteiger partial charge in [0.05, 0.1) is 4.91 Å². The first-order chi connectivity index (χ1) is 12.6. The minimum atomic E-state index is -1.07. The lowest BCUT2D eigenvalue weighted by molar-refractivity contribution is -0.145. The van der Waals surface area contributed by atoms with Crippen LogP contribution >= 0.6 is 24.0 Å². The number of carboxylic acids is 1. The molecule has 1 aliphatic heterocycles. The Bertz CT molecular complexity index is 853. The van der Waals surface area contributed by atoms with Crippen molar-refractivity contribution >= 4 is 40.2 Å². The number of carbonyl (C=O) groups is 2. The summed E-state index contributed by atoms with van der Waals surface area (Å²) in [6.07, 6.45) is 12.6. The van der Waals surface area contributed by atoms with Gasteiger partial charge in [-0.05, 0) is 23.6 Å². The Labute approximate surface area is 161 Å². The van der Waals surface area contributed by atoms with E-state index in [0.717, 1.165) is 29.3 Å². The molecule has 1 atom stereocenters. The monoisotopic (exact) mass is 383 g/mol. The molecule has 1 saturated heterocycles. The Morgan fingerprint density at radius 1 is 1.35 bits per heavy atom. The van der Waals surface area contributed by atoms with Crippen LogP contribution < -0.4 is 0 Å². The molecule has 1 N–H and O–H groups in total. The Kier molecular flexibility index (Phi) is 5.85. The molecule has 0 saturated carbocycles. The first-order valence-electron chi connectivity index (χ1n) is 8.12. The molecule has 1 aromatic carbocycles. The minimum Gasteiger partial charge on any atom is -0.480 e.